The van der Waals surface area contributed by atoms with Gasteiger partial charge in [0.2, 0.25) is 5.91 Å². The Morgan fingerprint density at radius 2 is 2.21 bits per heavy atom. The van der Waals surface area contributed by atoms with Crippen molar-refractivity contribution < 1.29 is 9.90 Å². The minimum Gasteiger partial charge on any atom is -0.392 e. The summed E-state index contributed by atoms with van der Waals surface area (Å²) in [6, 6.07) is 0.416. The van der Waals surface area contributed by atoms with Gasteiger partial charge in [-0.05, 0) is 50.0 Å². The van der Waals surface area contributed by atoms with Gasteiger partial charge in [-0.15, -0.1) is 0 Å². The molecule has 1 heterocycles. The molecule has 3 rings (SSSR count). The molecular weight excluding hydrogens is 240 g/mol. The number of hydrogen-bond acceptors (Lipinski definition) is 3. The molecule has 3 N–H and O–H groups in total. The lowest BCUT2D eigenvalue weighted by Crippen LogP contribution is -2.53. The van der Waals surface area contributed by atoms with E-state index in [0.29, 0.717) is 18.5 Å². The maximum atomic E-state index is 12.7. The van der Waals surface area contributed by atoms with Crippen LogP contribution < -0.4 is 10.6 Å². The van der Waals surface area contributed by atoms with Crippen LogP contribution in [0.5, 0.6) is 0 Å². The largest absolute Gasteiger partial charge is 0.392 e. The van der Waals surface area contributed by atoms with Gasteiger partial charge in [-0.1, -0.05) is 13.8 Å². The summed E-state index contributed by atoms with van der Waals surface area (Å²) in [6.45, 7) is 6.08. The van der Waals surface area contributed by atoms with E-state index in [1.165, 1.54) is 6.42 Å². The first kappa shape index (κ1) is 13.4. The molecule has 19 heavy (non-hydrogen) atoms. The highest BCUT2D eigenvalue weighted by Crippen LogP contribution is 2.65. The Kier molecular flexibility index (Phi) is 3.13. The highest BCUT2D eigenvalue weighted by molar-refractivity contribution is 5.85. The van der Waals surface area contributed by atoms with E-state index in [2.05, 4.69) is 24.5 Å². The molecule has 0 aromatic carbocycles. The molecule has 4 nitrogen and oxygen atoms in total. The van der Waals surface area contributed by atoms with Crippen LogP contribution in [0.25, 0.3) is 0 Å². The first-order valence-electron chi connectivity index (χ1n) is 7.68. The molecule has 0 spiro atoms. The van der Waals surface area contributed by atoms with E-state index in [-0.39, 0.29) is 11.3 Å². The maximum Gasteiger partial charge on any atom is 0.229 e. The zero-order valence-electron chi connectivity index (χ0n) is 12.0. The van der Waals surface area contributed by atoms with Gasteiger partial charge in [0, 0.05) is 12.6 Å². The predicted molar refractivity (Wildman–Crippen MR) is 73.6 cm³/mol. The van der Waals surface area contributed by atoms with Crippen molar-refractivity contribution in [2.45, 2.75) is 58.1 Å². The van der Waals surface area contributed by atoms with E-state index >= 15 is 0 Å². The van der Waals surface area contributed by atoms with Crippen LogP contribution in [0, 0.1) is 16.7 Å². The van der Waals surface area contributed by atoms with Crippen molar-refractivity contribution in [3.63, 3.8) is 0 Å². The molecule has 108 valence electrons. The van der Waals surface area contributed by atoms with Crippen LogP contribution in [-0.2, 0) is 4.79 Å². The smallest absolute Gasteiger partial charge is 0.229 e. The van der Waals surface area contributed by atoms with Crippen molar-refractivity contribution in [3.05, 3.63) is 0 Å². The van der Waals surface area contributed by atoms with Crippen molar-refractivity contribution in [1.82, 2.24) is 10.6 Å². The third-order valence-corrected chi connectivity index (χ3v) is 6.21. The second-order valence-corrected chi connectivity index (χ2v) is 7.18. The molecule has 0 aromatic rings. The summed E-state index contributed by atoms with van der Waals surface area (Å²) in [5.74, 6) is 0.580. The zero-order chi connectivity index (χ0) is 13.7. The molecule has 2 aliphatic carbocycles. The normalized spacial score (nSPS) is 43.6. The quantitative estimate of drug-likeness (QED) is 0.715. The number of aliphatic hydroxyl groups is 1. The van der Waals surface area contributed by atoms with Crippen LogP contribution in [0.2, 0.25) is 0 Å². The van der Waals surface area contributed by atoms with E-state index in [1.54, 1.807) is 0 Å². The summed E-state index contributed by atoms with van der Waals surface area (Å²) in [5.41, 5.74) is -0.615. The van der Waals surface area contributed by atoms with Crippen LogP contribution in [-0.4, -0.2) is 36.2 Å². The van der Waals surface area contributed by atoms with Gasteiger partial charge in [0.1, 0.15) is 0 Å². The fourth-order valence-electron chi connectivity index (χ4n) is 4.79. The van der Waals surface area contributed by atoms with Crippen LogP contribution >= 0.6 is 0 Å². The fraction of sp³-hybridized carbons (Fsp3) is 0.933. The van der Waals surface area contributed by atoms with Crippen LogP contribution in [0.4, 0.5) is 0 Å². The van der Waals surface area contributed by atoms with Crippen LogP contribution in [0.1, 0.15) is 46.0 Å². The Bertz CT molecular complexity index is 376. The van der Waals surface area contributed by atoms with Crippen molar-refractivity contribution in [1.29, 1.82) is 0 Å². The lowest BCUT2D eigenvalue weighted by Gasteiger charge is -2.39. The van der Waals surface area contributed by atoms with E-state index in [1.807, 2.05) is 0 Å². The molecule has 4 heteroatoms. The molecule has 0 radical (unpaired) electrons. The van der Waals surface area contributed by atoms with Gasteiger partial charge in [0.15, 0.2) is 0 Å². The van der Waals surface area contributed by atoms with Gasteiger partial charge in [-0.3, -0.25) is 4.79 Å². The van der Waals surface area contributed by atoms with Crippen molar-refractivity contribution in [2.75, 3.05) is 13.1 Å². The van der Waals surface area contributed by atoms with E-state index in [9.17, 15) is 9.90 Å². The summed E-state index contributed by atoms with van der Waals surface area (Å²) in [4.78, 5) is 12.7. The molecule has 1 saturated heterocycles. The Labute approximate surface area is 115 Å². The lowest BCUT2D eigenvalue weighted by molar-refractivity contribution is -0.142. The lowest BCUT2D eigenvalue weighted by atomic mass is 9.67. The molecule has 1 aliphatic heterocycles. The first-order valence-corrected chi connectivity index (χ1v) is 7.68. The monoisotopic (exact) mass is 266 g/mol. The third kappa shape index (κ3) is 1.76. The van der Waals surface area contributed by atoms with Gasteiger partial charge in [-0.25, -0.2) is 0 Å². The predicted octanol–water partition coefficient (Wildman–Crippen LogP) is 1.04. The van der Waals surface area contributed by atoms with E-state index in [4.69, 9.17) is 0 Å². The Hall–Kier alpha value is -0.610. The Morgan fingerprint density at radius 3 is 2.74 bits per heavy atom. The second kappa shape index (κ2) is 4.45. The standard InChI is InChI=1S/C15H26N2O2/c1-14(2)10-5-6-15(14,12(18)8-10)13(19)17-9-11-4-3-7-16-11/h10-12,16,18H,3-9H2,1-2H3,(H,17,19)/t10?,11-,12?,15?/m0/s1. The average molecular weight is 266 g/mol. The Balaban J connectivity index is 1.70. The number of rotatable bonds is 3. The van der Waals surface area contributed by atoms with Gasteiger partial charge >= 0.3 is 0 Å². The average Bonchev–Trinajstić information content (AvgIpc) is 3.00. The van der Waals surface area contributed by atoms with E-state index in [0.717, 1.165) is 32.2 Å². The molecule has 2 bridgehead atoms. The summed E-state index contributed by atoms with van der Waals surface area (Å²) in [6.07, 6.45) is 4.60. The number of amides is 1. The van der Waals surface area contributed by atoms with E-state index < -0.39 is 11.5 Å². The molecule has 3 unspecified atom stereocenters. The Morgan fingerprint density at radius 1 is 1.42 bits per heavy atom. The first-order chi connectivity index (χ1) is 8.98. The topological polar surface area (TPSA) is 61.4 Å². The van der Waals surface area contributed by atoms with Gasteiger partial charge in [0.25, 0.3) is 0 Å². The SMILES string of the molecule is CC1(C)C2CCC1(C(=O)NC[C@@H]1CCCN1)C(O)C2. The molecule has 1 amide bonds. The summed E-state index contributed by atoms with van der Waals surface area (Å²) >= 11 is 0. The molecule has 0 aromatic heterocycles. The zero-order valence-corrected chi connectivity index (χ0v) is 12.0. The highest BCUT2D eigenvalue weighted by Gasteiger charge is 2.67. The number of nitrogens with one attached hydrogen (secondary N) is 2. The highest BCUT2D eigenvalue weighted by atomic mass is 16.3. The summed E-state index contributed by atoms with van der Waals surface area (Å²) in [5, 5.41) is 16.9. The molecule has 2 saturated carbocycles. The number of fused-ring (bicyclic) bond motifs is 2. The van der Waals surface area contributed by atoms with Crippen molar-refractivity contribution in [3.8, 4) is 0 Å². The fourth-order valence-corrected chi connectivity index (χ4v) is 4.79. The van der Waals surface area contributed by atoms with Crippen LogP contribution in [0.3, 0.4) is 0 Å². The third-order valence-electron chi connectivity index (χ3n) is 6.21. The molecular formula is C15H26N2O2. The second-order valence-electron chi connectivity index (χ2n) is 7.18. The molecule has 3 aliphatic rings. The summed E-state index contributed by atoms with van der Waals surface area (Å²) < 4.78 is 0. The minimum absolute atomic E-state index is 0.0698. The van der Waals surface area contributed by atoms with Crippen molar-refractivity contribution in [2.24, 2.45) is 16.7 Å². The van der Waals surface area contributed by atoms with Crippen LogP contribution in [0.15, 0.2) is 0 Å². The molecule has 4 atom stereocenters. The molecule has 3 fully saturated rings. The van der Waals surface area contributed by atoms with Gasteiger partial charge in [-0.2, -0.15) is 0 Å². The van der Waals surface area contributed by atoms with Gasteiger partial charge < -0.3 is 15.7 Å². The summed E-state index contributed by atoms with van der Waals surface area (Å²) in [7, 11) is 0. The minimum atomic E-state index is -0.545. The number of hydrogen-bond donors (Lipinski definition) is 3. The van der Waals surface area contributed by atoms with Gasteiger partial charge in [0.05, 0.1) is 11.5 Å². The maximum absolute atomic E-state index is 12.7. The number of carbonyl (C=O) groups is 1. The number of carbonyl (C=O) groups excluding carboxylic acids is 1. The number of aliphatic hydroxyl groups excluding tert-OH is 1. The van der Waals surface area contributed by atoms with Crippen molar-refractivity contribution >= 4 is 5.91 Å².